The minimum absolute atomic E-state index is 0.0348. The maximum Gasteiger partial charge on any atom is 0.262 e. The number of nitrogens with one attached hydrogen (secondary N) is 2. The van der Waals surface area contributed by atoms with Crippen molar-refractivity contribution in [3.8, 4) is 0 Å². The van der Waals surface area contributed by atoms with Gasteiger partial charge < -0.3 is 15.4 Å². The summed E-state index contributed by atoms with van der Waals surface area (Å²) in [5.74, 6) is -0.489. The third-order valence-electron chi connectivity index (χ3n) is 1.86. The summed E-state index contributed by atoms with van der Waals surface area (Å²) in [5.41, 5.74) is 0. The highest BCUT2D eigenvalue weighted by Gasteiger charge is 2.12. The Morgan fingerprint density at radius 3 is 2.82 bits per heavy atom. The summed E-state index contributed by atoms with van der Waals surface area (Å²) >= 11 is 4.58. The Balaban J connectivity index is 2.29. The molecule has 0 radical (unpaired) electrons. The molecule has 2 amide bonds. The van der Waals surface area contributed by atoms with E-state index in [1.807, 2.05) is 0 Å². The van der Waals surface area contributed by atoms with Crippen molar-refractivity contribution in [3.05, 3.63) is 20.8 Å². The second kappa shape index (κ2) is 7.41. The Kier molecular flexibility index (Phi) is 6.17. The van der Waals surface area contributed by atoms with Crippen LogP contribution in [0.4, 0.5) is 0 Å². The first-order valence-corrected chi connectivity index (χ1v) is 6.59. The van der Waals surface area contributed by atoms with Crippen LogP contribution in [0.15, 0.2) is 15.9 Å². The Bertz CT molecular complexity index is 395. The second-order valence-electron chi connectivity index (χ2n) is 3.12. The Hall–Kier alpha value is -0.920. The molecule has 94 valence electrons. The van der Waals surface area contributed by atoms with Crippen molar-refractivity contribution in [1.29, 1.82) is 0 Å². The minimum Gasteiger partial charge on any atom is -0.383 e. The average molecular weight is 321 g/mol. The van der Waals surface area contributed by atoms with Gasteiger partial charge in [0.15, 0.2) is 0 Å². The topological polar surface area (TPSA) is 67.4 Å². The number of halogens is 1. The van der Waals surface area contributed by atoms with E-state index in [1.54, 1.807) is 18.6 Å². The smallest absolute Gasteiger partial charge is 0.262 e. The van der Waals surface area contributed by atoms with Gasteiger partial charge in [-0.25, -0.2) is 0 Å². The van der Waals surface area contributed by atoms with Crippen molar-refractivity contribution in [2.75, 3.05) is 26.8 Å². The molecule has 0 aliphatic heterocycles. The van der Waals surface area contributed by atoms with Crippen LogP contribution in [-0.4, -0.2) is 38.6 Å². The summed E-state index contributed by atoms with van der Waals surface area (Å²) in [7, 11) is 1.56. The molecule has 5 nitrogen and oxygen atoms in total. The van der Waals surface area contributed by atoms with Gasteiger partial charge >= 0.3 is 0 Å². The molecule has 1 aromatic rings. The highest BCUT2D eigenvalue weighted by Crippen LogP contribution is 2.21. The van der Waals surface area contributed by atoms with Crippen molar-refractivity contribution < 1.29 is 14.3 Å². The fraction of sp³-hybridized carbons (Fsp3) is 0.400. The van der Waals surface area contributed by atoms with Crippen LogP contribution in [-0.2, 0) is 9.53 Å². The molecule has 0 spiro atoms. The zero-order valence-electron chi connectivity index (χ0n) is 9.29. The van der Waals surface area contributed by atoms with Crippen molar-refractivity contribution >= 4 is 39.1 Å². The van der Waals surface area contributed by atoms with E-state index in [2.05, 4.69) is 26.6 Å². The first-order valence-electron chi connectivity index (χ1n) is 4.92. The van der Waals surface area contributed by atoms with Crippen molar-refractivity contribution in [1.82, 2.24) is 10.6 Å². The van der Waals surface area contributed by atoms with Gasteiger partial charge in [0.05, 0.1) is 13.2 Å². The Labute approximate surface area is 112 Å². The van der Waals surface area contributed by atoms with Gasteiger partial charge in [-0.1, -0.05) is 0 Å². The van der Waals surface area contributed by atoms with E-state index >= 15 is 0 Å². The second-order valence-corrected chi connectivity index (χ2v) is 4.89. The molecule has 0 fully saturated rings. The largest absolute Gasteiger partial charge is 0.383 e. The molecule has 1 heterocycles. The van der Waals surface area contributed by atoms with E-state index in [9.17, 15) is 9.59 Å². The lowest BCUT2D eigenvalue weighted by atomic mass is 10.4. The molecular weight excluding hydrogens is 308 g/mol. The van der Waals surface area contributed by atoms with Gasteiger partial charge in [0, 0.05) is 18.1 Å². The van der Waals surface area contributed by atoms with Crippen LogP contribution >= 0.6 is 27.3 Å². The van der Waals surface area contributed by atoms with Gasteiger partial charge in [0.2, 0.25) is 5.91 Å². The number of carbonyl (C=O) groups excluding carboxylic acids is 2. The van der Waals surface area contributed by atoms with Gasteiger partial charge in [0.25, 0.3) is 5.91 Å². The number of thiophene rings is 1. The zero-order valence-corrected chi connectivity index (χ0v) is 11.7. The van der Waals surface area contributed by atoms with E-state index < -0.39 is 0 Å². The van der Waals surface area contributed by atoms with Crippen LogP contribution in [0.1, 0.15) is 9.67 Å². The molecule has 0 aromatic carbocycles. The first kappa shape index (κ1) is 14.1. The van der Waals surface area contributed by atoms with Crippen LogP contribution in [0, 0.1) is 0 Å². The Morgan fingerprint density at radius 2 is 2.24 bits per heavy atom. The van der Waals surface area contributed by atoms with E-state index in [-0.39, 0.29) is 18.4 Å². The average Bonchev–Trinajstić information content (AvgIpc) is 2.73. The number of methoxy groups -OCH3 is 1. The molecule has 0 unspecified atom stereocenters. The van der Waals surface area contributed by atoms with Crippen molar-refractivity contribution in [3.63, 3.8) is 0 Å². The van der Waals surface area contributed by atoms with Crippen LogP contribution in [0.25, 0.3) is 0 Å². The summed E-state index contributed by atoms with van der Waals surface area (Å²) in [6.45, 7) is 0.858. The monoisotopic (exact) mass is 320 g/mol. The molecule has 2 N–H and O–H groups in total. The molecule has 0 saturated carbocycles. The maximum absolute atomic E-state index is 11.6. The van der Waals surface area contributed by atoms with Gasteiger partial charge in [0.1, 0.15) is 4.88 Å². The molecular formula is C10H13BrN2O3S. The third-order valence-corrected chi connectivity index (χ3v) is 3.70. The number of amides is 2. The molecule has 1 rings (SSSR count). The summed E-state index contributed by atoms with van der Waals surface area (Å²) in [6, 6.07) is 1.79. The molecule has 0 aliphatic rings. The molecule has 0 aliphatic carbocycles. The van der Waals surface area contributed by atoms with Gasteiger partial charge in [-0.05, 0) is 27.4 Å². The molecule has 0 saturated heterocycles. The lowest BCUT2D eigenvalue weighted by molar-refractivity contribution is -0.120. The summed E-state index contributed by atoms with van der Waals surface area (Å²) in [4.78, 5) is 23.5. The minimum atomic E-state index is -0.256. The first-order chi connectivity index (χ1) is 8.15. The predicted molar refractivity (Wildman–Crippen MR) is 69.2 cm³/mol. The normalized spacial score (nSPS) is 10.0. The quantitative estimate of drug-likeness (QED) is 0.768. The molecule has 1 aromatic heterocycles. The van der Waals surface area contributed by atoms with Gasteiger partial charge in [-0.3, -0.25) is 9.59 Å². The number of carbonyl (C=O) groups is 2. The zero-order chi connectivity index (χ0) is 12.7. The summed E-state index contributed by atoms with van der Waals surface area (Å²) in [6.07, 6.45) is 0. The van der Waals surface area contributed by atoms with Crippen LogP contribution in [0.3, 0.4) is 0 Å². The molecule has 17 heavy (non-hydrogen) atoms. The number of hydrogen-bond acceptors (Lipinski definition) is 4. The van der Waals surface area contributed by atoms with Crippen molar-refractivity contribution in [2.24, 2.45) is 0 Å². The third kappa shape index (κ3) is 4.84. The molecule has 7 heteroatoms. The van der Waals surface area contributed by atoms with Crippen LogP contribution in [0.5, 0.6) is 0 Å². The molecule has 0 bridgehead atoms. The number of rotatable bonds is 6. The fourth-order valence-electron chi connectivity index (χ4n) is 1.05. The van der Waals surface area contributed by atoms with E-state index in [0.29, 0.717) is 18.0 Å². The fourth-order valence-corrected chi connectivity index (χ4v) is 2.52. The maximum atomic E-state index is 11.6. The number of hydrogen-bond donors (Lipinski definition) is 2. The predicted octanol–water partition coefficient (Wildman–Crippen LogP) is 1.00. The van der Waals surface area contributed by atoms with E-state index in [0.717, 1.165) is 4.47 Å². The summed E-state index contributed by atoms with van der Waals surface area (Å²) in [5, 5.41) is 6.96. The van der Waals surface area contributed by atoms with Crippen molar-refractivity contribution in [2.45, 2.75) is 0 Å². The lowest BCUT2D eigenvalue weighted by Gasteiger charge is -2.05. The van der Waals surface area contributed by atoms with Gasteiger partial charge in [-0.2, -0.15) is 0 Å². The lowest BCUT2D eigenvalue weighted by Crippen LogP contribution is -2.38. The van der Waals surface area contributed by atoms with Crippen LogP contribution < -0.4 is 10.6 Å². The summed E-state index contributed by atoms with van der Waals surface area (Å²) < 4.78 is 5.52. The Morgan fingerprint density at radius 1 is 1.47 bits per heavy atom. The number of ether oxygens (including phenoxy) is 1. The highest BCUT2D eigenvalue weighted by molar-refractivity contribution is 9.10. The molecule has 0 atom stereocenters. The van der Waals surface area contributed by atoms with E-state index in [4.69, 9.17) is 4.74 Å². The standard InChI is InChI=1S/C10H13BrN2O3S/c1-16-4-3-12-8(14)6-13-10(15)9-7(11)2-5-17-9/h2,5H,3-4,6H2,1H3,(H,12,14)(H,13,15). The SMILES string of the molecule is COCCNC(=O)CNC(=O)c1sccc1Br. The van der Waals surface area contributed by atoms with E-state index in [1.165, 1.54) is 11.3 Å². The van der Waals surface area contributed by atoms with Crippen LogP contribution in [0.2, 0.25) is 0 Å². The van der Waals surface area contributed by atoms with Gasteiger partial charge in [-0.15, -0.1) is 11.3 Å². The highest BCUT2D eigenvalue weighted by atomic mass is 79.9.